The Morgan fingerprint density at radius 3 is 2.62 bits per heavy atom. The van der Waals surface area contributed by atoms with Crippen LogP contribution in [0.1, 0.15) is 52.4 Å². The Bertz CT molecular complexity index is 190. The van der Waals surface area contributed by atoms with Gasteiger partial charge in [-0.2, -0.15) is 0 Å². The molecule has 1 nitrogen and oxygen atoms in total. The monoisotopic (exact) mass is 182 g/mol. The van der Waals surface area contributed by atoms with Gasteiger partial charge in [-0.15, -0.1) is 0 Å². The minimum atomic E-state index is -0.0194. The molecule has 0 heterocycles. The van der Waals surface area contributed by atoms with Gasteiger partial charge in [-0.1, -0.05) is 33.1 Å². The van der Waals surface area contributed by atoms with E-state index in [1.165, 1.54) is 32.1 Å². The third-order valence-corrected chi connectivity index (χ3v) is 4.66. The predicted octanol–water partition coefficient (Wildman–Crippen LogP) is 2.97. The van der Waals surface area contributed by atoms with Crippen LogP contribution >= 0.6 is 0 Å². The van der Waals surface area contributed by atoms with E-state index in [1.807, 2.05) is 0 Å². The second-order valence-electron chi connectivity index (χ2n) is 5.43. The van der Waals surface area contributed by atoms with Gasteiger partial charge < -0.3 is 5.11 Å². The summed E-state index contributed by atoms with van der Waals surface area (Å²) in [6.07, 6.45) is 7.58. The number of fused-ring (bicyclic) bond motifs is 1. The summed E-state index contributed by atoms with van der Waals surface area (Å²) in [7, 11) is 0. The second-order valence-corrected chi connectivity index (χ2v) is 5.43. The van der Waals surface area contributed by atoms with Crippen molar-refractivity contribution < 1.29 is 5.11 Å². The lowest BCUT2D eigenvalue weighted by Crippen LogP contribution is -2.47. The Balaban J connectivity index is 2.19. The summed E-state index contributed by atoms with van der Waals surface area (Å²) in [6, 6.07) is 0. The Kier molecular flexibility index (Phi) is 2.39. The van der Waals surface area contributed by atoms with Crippen molar-refractivity contribution in [3.05, 3.63) is 0 Å². The number of aliphatic hydroxyl groups excluding tert-OH is 1. The lowest BCUT2D eigenvalue weighted by Gasteiger charge is -2.51. The van der Waals surface area contributed by atoms with Gasteiger partial charge in [0.15, 0.2) is 0 Å². The summed E-state index contributed by atoms with van der Waals surface area (Å²) in [6.45, 7) is 4.69. The predicted molar refractivity (Wildman–Crippen MR) is 54.5 cm³/mol. The normalized spacial score (nSPS) is 51.5. The summed E-state index contributed by atoms with van der Waals surface area (Å²) in [5.74, 6) is 1.64. The zero-order chi connectivity index (χ0) is 9.47. The highest BCUT2D eigenvalue weighted by molar-refractivity contribution is 4.96. The molecule has 0 aromatic rings. The van der Waals surface area contributed by atoms with E-state index in [0.29, 0.717) is 0 Å². The third kappa shape index (κ3) is 1.41. The maximum absolute atomic E-state index is 10.1. The maximum Gasteiger partial charge on any atom is 0.0596 e. The van der Waals surface area contributed by atoms with Gasteiger partial charge >= 0.3 is 0 Å². The van der Waals surface area contributed by atoms with Crippen LogP contribution < -0.4 is 0 Å². The van der Waals surface area contributed by atoms with Gasteiger partial charge in [-0.3, -0.25) is 0 Å². The van der Waals surface area contributed by atoms with Crippen LogP contribution in [0.5, 0.6) is 0 Å². The molecule has 4 atom stereocenters. The fraction of sp³-hybridized carbons (Fsp3) is 1.00. The first kappa shape index (κ1) is 9.51. The Morgan fingerprint density at radius 1 is 1.15 bits per heavy atom. The molecule has 0 amide bonds. The van der Waals surface area contributed by atoms with Crippen molar-refractivity contribution in [2.24, 2.45) is 17.3 Å². The molecule has 0 aromatic heterocycles. The van der Waals surface area contributed by atoms with E-state index >= 15 is 0 Å². The molecule has 2 fully saturated rings. The van der Waals surface area contributed by atoms with Crippen molar-refractivity contribution in [2.75, 3.05) is 0 Å². The largest absolute Gasteiger partial charge is 0.393 e. The third-order valence-electron chi connectivity index (χ3n) is 4.66. The van der Waals surface area contributed by atoms with Crippen molar-refractivity contribution >= 4 is 0 Å². The first-order valence-electron chi connectivity index (χ1n) is 5.82. The molecule has 2 rings (SSSR count). The SMILES string of the molecule is C[C@@H]1CCC[C@]2(C)[C@@H](O)CCC[C@@H]12. The number of hydrogen-bond donors (Lipinski definition) is 1. The summed E-state index contributed by atoms with van der Waals surface area (Å²) < 4.78 is 0. The smallest absolute Gasteiger partial charge is 0.0596 e. The molecule has 2 saturated carbocycles. The molecular weight excluding hydrogens is 160 g/mol. The average Bonchev–Trinajstić information content (AvgIpc) is 2.08. The molecule has 0 aliphatic heterocycles. The van der Waals surface area contributed by atoms with Crippen LogP contribution in [0.15, 0.2) is 0 Å². The van der Waals surface area contributed by atoms with Crippen LogP contribution in [-0.2, 0) is 0 Å². The first-order valence-corrected chi connectivity index (χ1v) is 5.82. The molecule has 0 radical (unpaired) electrons. The summed E-state index contributed by atoms with van der Waals surface area (Å²) in [4.78, 5) is 0. The quantitative estimate of drug-likeness (QED) is 0.610. The van der Waals surface area contributed by atoms with Gasteiger partial charge in [-0.25, -0.2) is 0 Å². The minimum Gasteiger partial charge on any atom is -0.393 e. The lowest BCUT2D eigenvalue weighted by atomic mass is 9.56. The highest BCUT2D eigenvalue weighted by Crippen LogP contribution is 2.52. The maximum atomic E-state index is 10.1. The molecule has 2 aliphatic rings. The van der Waals surface area contributed by atoms with Gasteiger partial charge in [0, 0.05) is 0 Å². The van der Waals surface area contributed by atoms with Crippen molar-refractivity contribution in [3.8, 4) is 0 Å². The second kappa shape index (κ2) is 3.27. The molecule has 1 N–H and O–H groups in total. The highest BCUT2D eigenvalue weighted by atomic mass is 16.3. The fourth-order valence-corrected chi connectivity index (χ4v) is 3.73. The van der Waals surface area contributed by atoms with E-state index < -0.39 is 0 Å². The van der Waals surface area contributed by atoms with Crippen LogP contribution in [-0.4, -0.2) is 11.2 Å². The number of hydrogen-bond acceptors (Lipinski definition) is 1. The number of aliphatic hydroxyl groups is 1. The van der Waals surface area contributed by atoms with E-state index in [2.05, 4.69) is 13.8 Å². The van der Waals surface area contributed by atoms with Crippen LogP contribution in [0.4, 0.5) is 0 Å². The van der Waals surface area contributed by atoms with Gasteiger partial charge in [0.1, 0.15) is 0 Å². The summed E-state index contributed by atoms with van der Waals surface area (Å²) >= 11 is 0. The summed E-state index contributed by atoms with van der Waals surface area (Å²) in [5, 5.41) is 10.1. The molecule has 0 aromatic carbocycles. The average molecular weight is 182 g/mol. The standard InChI is InChI=1S/C12H22O/c1-9-5-4-8-12(2)10(9)6-3-7-11(12)13/h9-11,13H,3-8H2,1-2H3/t9-,10+,11+,12+/m1/s1. The van der Waals surface area contributed by atoms with Gasteiger partial charge in [-0.05, 0) is 36.5 Å². The van der Waals surface area contributed by atoms with Crippen LogP contribution in [0.25, 0.3) is 0 Å². The van der Waals surface area contributed by atoms with E-state index in [-0.39, 0.29) is 11.5 Å². The van der Waals surface area contributed by atoms with Gasteiger partial charge in [0.2, 0.25) is 0 Å². The molecule has 13 heavy (non-hydrogen) atoms. The number of rotatable bonds is 0. The zero-order valence-corrected chi connectivity index (χ0v) is 8.92. The van der Waals surface area contributed by atoms with E-state index in [0.717, 1.165) is 18.3 Å². The molecule has 0 spiro atoms. The lowest BCUT2D eigenvalue weighted by molar-refractivity contribution is -0.0849. The van der Waals surface area contributed by atoms with Gasteiger partial charge in [0.05, 0.1) is 6.10 Å². The Hall–Kier alpha value is -0.0400. The fourth-order valence-electron chi connectivity index (χ4n) is 3.73. The summed E-state index contributed by atoms with van der Waals surface area (Å²) in [5.41, 5.74) is 0.260. The highest BCUT2D eigenvalue weighted by Gasteiger charge is 2.46. The van der Waals surface area contributed by atoms with Crippen molar-refractivity contribution in [2.45, 2.75) is 58.5 Å². The van der Waals surface area contributed by atoms with Crippen molar-refractivity contribution in [3.63, 3.8) is 0 Å². The molecule has 0 bridgehead atoms. The molecule has 1 heteroatoms. The van der Waals surface area contributed by atoms with E-state index in [1.54, 1.807) is 0 Å². The minimum absolute atomic E-state index is 0.0194. The van der Waals surface area contributed by atoms with Crippen LogP contribution in [0, 0.1) is 17.3 Å². The first-order chi connectivity index (χ1) is 6.14. The van der Waals surface area contributed by atoms with Gasteiger partial charge in [0.25, 0.3) is 0 Å². The zero-order valence-electron chi connectivity index (χ0n) is 8.92. The van der Waals surface area contributed by atoms with E-state index in [9.17, 15) is 5.11 Å². The van der Waals surface area contributed by atoms with Crippen molar-refractivity contribution in [1.82, 2.24) is 0 Å². The van der Waals surface area contributed by atoms with Crippen molar-refractivity contribution in [1.29, 1.82) is 0 Å². The topological polar surface area (TPSA) is 20.2 Å². The Labute approximate surface area is 81.5 Å². The molecule has 0 unspecified atom stereocenters. The molecular formula is C12H22O. The molecule has 76 valence electrons. The van der Waals surface area contributed by atoms with E-state index in [4.69, 9.17) is 0 Å². The van der Waals surface area contributed by atoms with Crippen LogP contribution in [0.2, 0.25) is 0 Å². The van der Waals surface area contributed by atoms with Crippen LogP contribution in [0.3, 0.4) is 0 Å². The molecule has 0 saturated heterocycles. The molecule has 2 aliphatic carbocycles. The Morgan fingerprint density at radius 2 is 1.92 bits per heavy atom.